The summed E-state index contributed by atoms with van der Waals surface area (Å²) in [5.41, 5.74) is 0.283. The van der Waals surface area contributed by atoms with Gasteiger partial charge in [0.2, 0.25) is 5.91 Å². The number of hydrogen-bond donors (Lipinski definition) is 2. The molecule has 0 aromatic heterocycles. The molecule has 72 valence electrons. The number of carbonyl (C=O) groups excluding carboxylic acids is 1. The molecule has 1 aliphatic heterocycles. The molecule has 0 aliphatic carbocycles. The molecule has 0 aromatic carbocycles. The lowest BCUT2D eigenvalue weighted by Gasteiger charge is -2.22. The van der Waals surface area contributed by atoms with E-state index in [0.717, 1.165) is 26.1 Å². The van der Waals surface area contributed by atoms with E-state index in [1.54, 1.807) is 6.92 Å². The number of rotatable bonds is 2. The summed E-state index contributed by atoms with van der Waals surface area (Å²) < 4.78 is 0. The van der Waals surface area contributed by atoms with Gasteiger partial charge in [-0.2, -0.15) is 0 Å². The normalized spacial score (nSPS) is 27.8. The lowest BCUT2D eigenvalue weighted by Crippen LogP contribution is -2.35. The monoisotopic (exact) mass is 192 g/mol. The van der Waals surface area contributed by atoms with E-state index in [9.17, 15) is 4.79 Å². The first kappa shape index (κ1) is 11.7. The summed E-state index contributed by atoms with van der Waals surface area (Å²) in [4.78, 5) is 10.6. The van der Waals surface area contributed by atoms with Gasteiger partial charge in [-0.1, -0.05) is 6.92 Å². The van der Waals surface area contributed by atoms with Gasteiger partial charge in [0.15, 0.2) is 0 Å². The van der Waals surface area contributed by atoms with Crippen LogP contribution in [0.5, 0.6) is 0 Å². The molecule has 4 heteroatoms. The summed E-state index contributed by atoms with van der Waals surface area (Å²) in [6, 6.07) is 0. The SMILES string of the molecule is CC(=O)NCC1(C)CCNC1.Cl. The Morgan fingerprint density at radius 3 is 2.75 bits per heavy atom. The predicted octanol–water partition coefficient (Wildman–Crippen LogP) is 0.544. The third-order valence-electron chi connectivity index (χ3n) is 2.22. The van der Waals surface area contributed by atoms with E-state index in [-0.39, 0.29) is 23.7 Å². The van der Waals surface area contributed by atoms with Crippen molar-refractivity contribution in [3.8, 4) is 0 Å². The van der Waals surface area contributed by atoms with Crippen LogP contribution in [0.4, 0.5) is 0 Å². The quantitative estimate of drug-likeness (QED) is 0.671. The third-order valence-corrected chi connectivity index (χ3v) is 2.22. The fraction of sp³-hybridized carbons (Fsp3) is 0.875. The summed E-state index contributed by atoms with van der Waals surface area (Å²) in [7, 11) is 0. The topological polar surface area (TPSA) is 41.1 Å². The molecule has 0 aromatic rings. The predicted molar refractivity (Wildman–Crippen MR) is 51.5 cm³/mol. The van der Waals surface area contributed by atoms with Gasteiger partial charge in [-0.05, 0) is 18.4 Å². The van der Waals surface area contributed by atoms with Crippen LogP contribution in [-0.2, 0) is 4.79 Å². The summed E-state index contributed by atoms with van der Waals surface area (Å²) >= 11 is 0. The van der Waals surface area contributed by atoms with Gasteiger partial charge in [-0.3, -0.25) is 4.79 Å². The molecule has 1 fully saturated rings. The second-order valence-electron chi connectivity index (χ2n) is 3.65. The first-order valence-corrected chi connectivity index (χ1v) is 4.08. The number of amides is 1. The van der Waals surface area contributed by atoms with Crippen molar-refractivity contribution in [2.75, 3.05) is 19.6 Å². The van der Waals surface area contributed by atoms with Crippen LogP contribution < -0.4 is 10.6 Å². The standard InChI is InChI=1S/C8H16N2O.ClH/c1-7(11)10-6-8(2)3-4-9-5-8;/h9H,3-6H2,1-2H3,(H,10,11);1H. The van der Waals surface area contributed by atoms with Gasteiger partial charge in [-0.25, -0.2) is 0 Å². The zero-order chi connectivity index (χ0) is 8.32. The fourth-order valence-corrected chi connectivity index (χ4v) is 1.36. The maximum atomic E-state index is 10.6. The van der Waals surface area contributed by atoms with Crippen molar-refractivity contribution in [1.29, 1.82) is 0 Å². The summed E-state index contributed by atoms with van der Waals surface area (Å²) in [6.45, 7) is 6.66. The second kappa shape index (κ2) is 4.67. The van der Waals surface area contributed by atoms with Gasteiger partial charge in [0.1, 0.15) is 0 Å². The molecule has 1 rings (SSSR count). The molecule has 1 saturated heterocycles. The molecular weight excluding hydrogens is 176 g/mol. The van der Waals surface area contributed by atoms with E-state index >= 15 is 0 Å². The zero-order valence-corrected chi connectivity index (χ0v) is 8.46. The van der Waals surface area contributed by atoms with Gasteiger partial charge in [0.25, 0.3) is 0 Å². The van der Waals surface area contributed by atoms with Crippen LogP contribution in [0.25, 0.3) is 0 Å². The minimum Gasteiger partial charge on any atom is -0.356 e. The van der Waals surface area contributed by atoms with Crippen LogP contribution in [0.1, 0.15) is 20.3 Å². The molecule has 3 nitrogen and oxygen atoms in total. The van der Waals surface area contributed by atoms with E-state index in [1.807, 2.05) is 0 Å². The van der Waals surface area contributed by atoms with Gasteiger partial charge < -0.3 is 10.6 Å². The zero-order valence-electron chi connectivity index (χ0n) is 7.64. The van der Waals surface area contributed by atoms with Gasteiger partial charge in [-0.15, -0.1) is 12.4 Å². The summed E-state index contributed by atoms with van der Waals surface area (Å²) in [6.07, 6.45) is 1.16. The van der Waals surface area contributed by atoms with Crippen LogP contribution in [0.15, 0.2) is 0 Å². The van der Waals surface area contributed by atoms with Crippen LogP contribution in [0.3, 0.4) is 0 Å². The largest absolute Gasteiger partial charge is 0.356 e. The Morgan fingerprint density at radius 1 is 1.67 bits per heavy atom. The Bertz CT molecular complexity index is 155. The molecule has 0 radical (unpaired) electrons. The number of nitrogens with one attached hydrogen (secondary N) is 2. The Labute approximate surface area is 79.7 Å². The van der Waals surface area contributed by atoms with Crippen LogP contribution in [0, 0.1) is 5.41 Å². The number of carbonyl (C=O) groups is 1. The van der Waals surface area contributed by atoms with Crippen molar-refractivity contribution >= 4 is 18.3 Å². The highest BCUT2D eigenvalue weighted by atomic mass is 35.5. The smallest absolute Gasteiger partial charge is 0.216 e. The van der Waals surface area contributed by atoms with Crippen molar-refractivity contribution < 1.29 is 4.79 Å². The highest BCUT2D eigenvalue weighted by Crippen LogP contribution is 2.22. The highest BCUT2D eigenvalue weighted by molar-refractivity contribution is 5.85. The first-order valence-electron chi connectivity index (χ1n) is 4.08. The molecule has 12 heavy (non-hydrogen) atoms. The van der Waals surface area contributed by atoms with Crippen molar-refractivity contribution in [2.45, 2.75) is 20.3 Å². The van der Waals surface area contributed by atoms with E-state index < -0.39 is 0 Å². The Morgan fingerprint density at radius 2 is 2.33 bits per heavy atom. The van der Waals surface area contributed by atoms with Crippen molar-refractivity contribution in [1.82, 2.24) is 10.6 Å². The van der Waals surface area contributed by atoms with Crippen LogP contribution >= 0.6 is 12.4 Å². The molecule has 1 aliphatic rings. The Balaban J connectivity index is 0.00000121. The molecule has 0 spiro atoms. The molecule has 0 bridgehead atoms. The molecule has 1 atom stereocenters. The van der Waals surface area contributed by atoms with Crippen LogP contribution in [0.2, 0.25) is 0 Å². The summed E-state index contributed by atoms with van der Waals surface area (Å²) in [5, 5.41) is 6.13. The fourth-order valence-electron chi connectivity index (χ4n) is 1.36. The van der Waals surface area contributed by atoms with E-state index in [1.165, 1.54) is 0 Å². The first-order chi connectivity index (χ1) is 5.12. The third kappa shape index (κ3) is 3.41. The minimum absolute atomic E-state index is 0. The second-order valence-corrected chi connectivity index (χ2v) is 3.65. The molecule has 2 N–H and O–H groups in total. The van der Waals surface area contributed by atoms with E-state index in [0.29, 0.717) is 0 Å². The van der Waals surface area contributed by atoms with Crippen molar-refractivity contribution in [2.24, 2.45) is 5.41 Å². The molecule has 1 heterocycles. The summed E-state index contributed by atoms with van der Waals surface area (Å²) in [5.74, 6) is 0.0677. The van der Waals surface area contributed by atoms with Crippen molar-refractivity contribution in [3.05, 3.63) is 0 Å². The maximum Gasteiger partial charge on any atom is 0.216 e. The van der Waals surface area contributed by atoms with Crippen molar-refractivity contribution in [3.63, 3.8) is 0 Å². The number of hydrogen-bond acceptors (Lipinski definition) is 2. The lowest BCUT2D eigenvalue weighted by molar-refractivity contribution is -0.119. The Hall–Kier alpha value is -0.280. The number of halogens is 1. The van der Waals surface area contributed by atoms with E-state index in [4.69, 9.17) is 0 Å². The average molecular weight is 193 g/mol. The lowest BCUT2D eigenvalue weighted by atomic mass is 9.90. The molecular formula is C8H17ClN2O. The van der Waals surface area contributed by atoms with E-state index in [2.05, 4.69) is 17.6 Å². The Kier molecular flexibility index (Phi) is 4.57. The molecule has 1 amide bonds. The highest BCUT2D eigenvalue weighted by Gasteiger charge is 2.28. The molecule has 0 saturated carbocycles. The van der Waals surface area contributed by atoms with Gasteiger partial charge in [0.05, 0.1) is 0 Å². The van der Waals surface area contributed by atoms with Gasteiger partial charge in [0, 0.05) is 20.0 Å². The molecule has 1 unspecified atom stereocenters. The average Bonchev–Trinajstić information content (AvgIpc) is 2.33. The minimum atomic E-state index is 0. The van der Waals surface area contributed by atoms with Gasteiger partial charge >= 0.3 is 0 Å². The van der Waals surface area contributed by atoms with Crippen LogP contribution in [-0.4, -0.2) is 25.5 Å². The maximum absolute atomic E-state index is 10.6.